The number of pyridine rings is 1. The Bertz CT molecular complexity index is 1610. The van der Waals surface area contributed by atoms with Crippen molar-refractivity contribution in [1.29, 1.82) is 0 Å². The van der Waals surface area contributed by atoms with Crippen LogP contribution in [0.4, 0.5) is 4.39 Å². The van der Waals surface area contributed by atoms with Crippen molar-refractivity contribution in [2.75, 3.05) is 6.67 Å². The molecule has 0 saturated heterocycles. The largest absolute Gasteiger partial charge is 0.512 e. The summed E-state index contributed by atoms with van der Waals surface area (Å²) in [6.45, 7) is 18.4. The predicted molar refractivity (Wildman–Crippen MR) is 190 cm³/mol. The molecule has 0 aliphatic rings. The standard InChI is InChI=1S/C28H29FN.C13H24O2.Ir/c1-27(2,3)25-16-22(15-20-8-6-7-9-23(20)25)26-24-11-10-19(17-28(4,5)18-29)14-21(24)12-13-30-26;1-5-10(6-2)12(14)9-13(15)11(7-3)8-4;/h6-14,16H,17-18H2,1-5H3;9-11,14H,5-8H2,1-4H3;/q-1;;/b;12-9-;. The number of alkyl halides is 1. The van der Waals surface area contributed by atoms with Crippen molar-refractivity contribution < 1.29 is 34.4 Å². The molecule has 0 aliphatic carbocycles. The Hall–Kier alpha value is -2.88. The molecule has 0 saturated carbocycles. The van der Waals surface area contributed by atoms with Crippen molar-refractivity contribution >= 4 is 27.3 Å². The molecular weight excluding hydrogens is 750 g/mol. The third-order valence-electron chi connectivity index (χ3n) is 8.79. The summed E-state index contributed by atoms with van der Waals surface area (Å²) in [6.07, 6.45) is 7.48. The number of halogens is 1. The summed E-state index contributed by atoms with van der Waals surface area (Å²) in [7, 11) is 0. The van der Waals surface area contributed by atoms with Gasteiger partial charge in [-0.15, -0.1) is 29.1 Å². The fourth-order valence-electron chi connectivity index (χ4n) is 5.91. The van der Waals surface area contributed by atoms with Crippen LogP contribution in [0.1, 0.15) is 99.1 Å². The van der Waals surface area contributed by atoms with Gasteiger partial charge >= 0.3 is 0 Å². The number of carbonyl (C=O) groups excluding carboxylic acids is 1. The average molecular weight is 803 g/mol. The van der Waals surface area contributed by atoms with E-state index in [0.717, 1.165) is 58.7 Å². The molecule has 0 atom stereocenters. The van der Waals surface area contributed by atoms with E-state index in [0.29, 0.717) is 6.42 Å². The van der Waals surface area contributed by atoms with Gasteiger partial charge in [0, 0.05) is 49.9 Å². The van der Waals surface area contributed by atoms with E-state index in [4.69, 9.17) is 4.98 Å². The van der Waals surface area contributed by atoms with E-state index in [1.165, 1.54) is 17.0 Å². The van der Waals surface area contributed by atoms with E-state index in [2.05, 4.69) is 75.4 Å². The second kappa shape index (κ2) is 17.3. The van der Waals surface area contributed by atoms with Crippen molar-refractivity contribution in [3.05, 3.63) is 89.8 Å². The number of benzene rings is 3. The van der Waals surface area contributed by atoms with Gasteiger partial charge < -0.3 is 5.11 Å². The molecule has 0 amide bonds. The van der Waals surface area contributed by atoms with Crippen LogP contribution >= 0.6 is 0 Å². The summed E-state index contributed by atoms with van der Waals surface area (Å²) in [5, 5.41) is 14.3. The van der Waals surface area contributed by atoms with Gasteiger partial charge in [-0.1, -0.05) is 110 Å². The fraction of sp³-hybridized carbons (Fsp3) is 0.463. The Labute approximate surface area is 290 Å². The van der Waals surface area contributed by atoms with Crippen molar-refractivity contribution in [3.8, 4) is 11.3 Å². The quantitative estimate of drug-likeness (QED) is 0.0933. The van der Waals surface area contributed by atoms with Crippen molar-refractivity contribution in [2.24, 2.45) is 17.3 Å². The minimum absolute atomic E-state index is 0. The number of aliphatic hydroxyl groups excluding tert-OH is 1. The molecule has 0 spiro atoms. The first kappa shape index (κ1) is 39.3. The first-order chi connectivity index (χ1) is 21.3. The number of aromatic nitrogens is 1. The van der Waals surface area contributed by atoms with E-state index in [-0.39, 0.29) is 61.0 Å². The normalized spacial score (nSPS) is 12.3. The van der Waals surface area contributed by atoms with Crippen LogP contribution < -0.4 is 0 Å². The Morgan fingerprint density at radius 2 is 1.52 bits per heavy atom. The summed E-state index contributed by atoms with van der Waals surface area (Å²) in [4.78, 5) is 16.5. The van der Waals surface area contributed by atoms with Crippen molar-refractivity contribution in [3.63, 3.8) is 0 Å². The van der Waals surface area contributed by atoms with Crippen LogP contribution in [0.5, 0.6) is 0 Å². The molecule has 3 aromatic carbocycles. The number of hydrogen-bond acceptors (Lipinski definition) is 3. The first-order valence-corrected chi connectivity index (χ1v) is 16.6. The van der Waals surface area contributed by atoms with Gasteiger partial charge in [-0.2, -0.15) is 0 Å². The first-order valence-electron chi connectivity index (χ1n) is 16.6. The van der Waals surface area contributed by atoms with Gasteiger partial charge in [0.25, 0.3) is 0 Å². The Balaban J connectivity index is 0.000000394. The number of hydrogen-bond donors (Lipinski definition) is 1. The van der Waals surface area contributed by atoms with Gasteiger partial charge in [-0.05, 0) is 65.3 Å². The van der Waals surface area contributed by atoms with Gasteiger partial charge in [0.1, 0.15) is 0 Å². The number of aliphatic hydroxyl groups is 1. The van der Waals surface area contributed by atoms with Crippen LogP contribution in [0, 0.1) is 23.3 Å². The zero-order valence-corrected chi connectivity index (χ0v) is 31.7. The number of fused-ring (bicyclic) bond motifs is 2. The molecule has 5 heteroatoms. The van der Waals surface area contributed by atoms with Crippen LogP contribution in [0.25, 0.3) is 32.8 Å². The average Bonchev–Trinajstić information content (AvgIpc) is 3.01. The minimum Gasteiger partial charge on any atom is -0.512 e. The summed E-state index contributed by atoms with van der Waals surface area (Å²) in [5.74, 6) is 0.547. The van der Waals surface area contributed by atoms with E-state index in [1.54, 1.807) is 0 Å². The molecule has 1 radical (unpaired) electrons. The molecule has 46 heavy (non-hydrogen) atoms. The molecular formula is C41H53FIrNO2-. The SMILES string of the molecule is CC(C)(CF)Cc1ccc2c(-c3[c-]c4ccccc4c(C(C)(C)C)c3)nccc2c1.CCC(CC)C(=O)/C=C(\O)C(CC)CC.[Ir]. The molecule has 0 aliphatic heterocycles. The van der Waals surface area contributed by atoms with E-state index in [1.807, 2.05) is 53.8 Å². The summed E-state index contributed by atoms with van der Waals surface area (Å²) >= 11 is 0. The molecule has 4 rings (SSSR count). The molecule has 251 valence electrons. The third kappa shape index (κ3) is 10.1. The molecule has 0 fully saturated rings. The van der Waals surface area contributed by atoms with Crippen molar-refractivity contribution in [2.45, 2.75) is 99.8 Å². The second-order valence-corrected chi connectivity index (χ2v) is 14.1. The smallest absolute Gasteiger partial charge is 0.162 e. The number of allylic oxidation sites excluding steroid dienone is 2. The molecule has 4 aromatic rings. The van der Waals surface area contributed by atoms with Gasteiger partial charge in [0.2, 0.25) is 0 Å². The maximum absolute atomic E-state index is 13.3. The fourth-order valence-corrected chi connectivity index (χ4v) is 5.91. The summed E-state index contributed by atoms with van der Waals surface area (Å²) in [5.41, 5.74) is 4.07. The summed E-state index contributed by atoms with van der Waals surface area (Å²) < 4.78 is 13.3. The van der Waals surface area contributed by atoms with Crippen LogP contribution in [0.15, 0.2) is 72.6 Å². The maximum Gasteiger partial charge on any atom is 0.162 e. The molecule has 0 unspecified atom stereocenters. The van der Waals surface area contributed by atoms with Crippen LogP contribution in [-0.4, -0.2) is 22.5 Å². The van der Waals surface area contributed by atoms with Crippen LogP contribution in [0.3, 0.4) is 0 Å². The minimum atomic E-state index is -0.350. The van der Waals surface area contributed by atoms with Crippen LogP contribution in [-0.2, 0) is 36.7 Å². The van der Waals surface area contributed by atoms with Gasteiger partial charge in [-0.25, -0.2) is 0 Å². The van der Waals surface area contributed by atoms with E-state index >= 15 is 0 Å². The topological polar surface area (TPSA) is 50.2 Å². The Morgan fingerprint density at radius 3 is 2.11 bits per heavy atom. The monoisotopic (exact) mass is 803 g/mol. The zero-order valence-electron chi connectivity index (χ0n) is 29.3. The van der Waals surface area contributed by atoms with Gasteiger partial charge in [-0.3, -0.25) is 14.2 Å². The molecule has 3 nitrogen and oxygen atoms in total. The summed E-state index contributed by atoms with van der Waals surface area (Å²) in [6, 6.07) is 22.7. The van der Waals surface area contributed by atoms with Gasteiger partial charge in [0.05, 0.1) is 12.4 Å². The number of nitrogens with zero attached hydrogens (tertiary/aromatic N) is 1. The second-order valence-electron chi connectivity index (χ2n) is 14.1. The number of rotatable bonds is 11. The number of carbonyl (C=O) groups is 1. The third-order valence-corrected chi connectivity index (χ3v) is 8.79. The van der Waals surface area contributed by atoms with Gasteiger partial charge in [0.15, 0.2) is 5.78 Å². The zero-order chi connectivity index (χ0) is 33.4. The van der Waals surface area contributed by atoms with Crippen molar-refractivity contribution in [1.82, 2.24) is 4.98 Å². The predicted octanol–water partition coefficient (Wildman–Crippen LogP) is 11.6. The number of ketones is 1. The molecule has 1 heterocycles. The van der Waals surface area contributed by atoms with E-state index < -0.39 is 0 Å². The Kier molecular flexibility index (Phi) is 14.8. The molecule has 1 aromatic heterocycles. The maximum atomic E-state index is 13.3. The van der Waals surface area contributed by atoms with E-state index in [9.17, 15) is 14.3 Å². The Morgan fingerprint density at radius 1 is 0.891 bits per heavy atom. The molecule has 0 bridgehead atoms. The van der Waals surface area contributed by atoms with Crippen LogP contribution in [0.2, 0.25) is 0 Å². The molecule has 1 N–H and O–H groups in total.